The molecule has 21 heavy (non-hydrogen) atoms. The van der Waals surface area contributed by atoms with Crippen molar-refractivity contribution in [2.45, 2.75) is 24.8 Å². The fraction of sp³-hybridized carbons (Fsp3) is 0.417. The van der Waals surface area contributed by atoms with Crippen LogP contribution >= 0.6 is 38.2 Å². The average molecular weight is 420 g/mol. The van der Waals surface area contributed by atoms with Gasteiger partial charge in [0.1, 0.15) is 6.61 Å². The molecule has 0 amide bonds. The summed E-state index contributed by atoms with van der Waals surface area (Å²) >= 11 is 8.94. The van der Waals surface area contributed by atoms with Gasteiger partial charge in [-0.2, -0.15) is 0 Å². The first-order valence-electron chi connectivity index (χ1n) is 5.85. The quantitative estimate of drug-likeness (QED) is 0.400. The first-order valence-corrected chi connectivity index (χ1v) is 9.33. The lowest BCUT2D eigenvalue weighted by Gasteiger charge is -2.10. The second-order valence-corrected chi connectivity index (χ2v) is 8.05. The molecular weight excluding hydrogens is 407 g/mol. The first-order chi connectivity index (χ1) is 9.62. The van der Waals surface area contributed by atoms with Crippen LogP contribution in [0.1, 0.15) is 24.2 Å². The first kappa shape index (κ1) is 18.7. The summed E-state index contributed by atoms with van der Waals surface area (Å²) in [6.45, 7) is 3.97. The van der Waals surface area contributed by atoms with Crippen LogP contribution in [-0.4, -0.2) is 33.7 Å². The zero-order chi connectivity index (χ0) is 16.2. The van der Waals surface area contributed by atoms with E-state index in [1.807, 2.05) is 13.8 Å². The van der Waals surface area contributed by atoms with E-state index >= 15 is 0 Å². The van der Waals surface area contributed by atoms with Crippen molar-refractivity contribution in [3.05, 3.63) is 27.2 Å². The van der Waals surface area contributed by atoms with Crippen LogP contribution < -0.4 is 0 Å². The van der Waals surface area contributed by atoms with Gasteiger partial charge >= 0.3 is 5.97 Å². The van der Waals surface area contributed by atoms with E-state index in [1.165, 1.54) is 6.07 Å². The molecule has 9 heteroatoms. The Balaban J connectivity index is 2.90. The third-order valence-corrected chi connectivity index (χ3v) is 4.86. The highest BCUT2D eigenvalue weighted by molar-refractivity contribution is 9.10. The van der Waals surface area contributed by atoms with Gasteiger partial charge in [-0.25, -0.2) is 13.2 Å². The van der Waals surface area contributed by atoms with Crippen LogP contribution in [0.3, 0.4) is 0 Å². The second-order valence-electron chi connectivity index (χ2n) is 4.26. The van der Waals surface area contributed by atoms with Gasteiger partial charge in [-0.15, -0.1) is 0 Å². The zero-order valence-corrected chi connectivity index (χ0v) is 15.1. The van der Waals surface area contributed by atoms with E-state index in [-0.39, 0.29) is 39.3 Å². The topological polar surface area (TPSA) is 69.7 Å². The number of carbonyl (C=O) groups excluding carboxylic acids is 1. The molecule has 0 aliphatic rings. The predicted octanol–water partition coefficient (Wildman–Crippen LogP) is 3.61. The van der Waals surface area contributed by atoms with E-state index < -0.39 is 15.0 Å². The Labute approximate surface area is 141 Å². The van der Waals surface area contributed by atoms with Gasteiger partial charge in [0.05, 0.1) is 28.2 Å². The lowest BCUT2D eigenvalue weighted by molar-refractivity contribution is 0.0177. The maximum atomic E-state index is 11.9. The maximum Gasteiger partial charge on any atom is 0.339 e. The third-order valence-electron chi connectivity index (χ3n) is 2.27. The van der Waals surface area contributed by atoms with Crippen molar-refractivity contribution in [1.82, 2.24) is 0 Å². The largest absolute Gasteiger partial charge is 0.460 e. The molecule has 0 aliphatic heterocycles. The number of esters is 1. The Morgan fingerprint density at radius 2 is 1.95 bits per heavy atom. The zero-order valence-electron chi connectivity index (χ0n) is 11.2. The number of carbonyl (C=O) groups is 1. The number of hydrogen-bond donors (Lipinski definition) is 0. The Morgan fingerprint density at radius 1 is 1.33 bits per heavy atom. The van der Waals surface area contributed by atoms with Crippen molar-refractivity contribution in [2.24, 2.45) is 0 Å². The Hall–Kier alpha value is -0.340. The summed E-state index contributed by atoms with van der Waals surface area (Å²) in [4.78, 5) is 11.6. The van der Waals surface area contributed by atoms with Crippen LogP contribution in [0, 0.1) is 0 Å². The van der Waals surface area contributed by atoms with E-state index in [4.69, 9.17) is 31.8 Å². The van der Waals surface area contributed by atoms with Gasteiger partial charge in [0, 0.05) is 15.2 Å². The van der Waals surface area contributed by atoms with Crippen molar-refractivity contribution in [2.75, 3.05) is 13.2 Å². The second kappa shape index (κ2) is 7.78. The van der Waals surface area contributed by atoms with Crippen molar-refractivity contribution in [1.29, 1.82) is 0 Å². The summed E-state index contributed by atoms with van der Waals surface area (Å²) in [6, 6.07) is 2.35. The molecule has 0 heterocycles. The monoisotopic (exact) mass is 418 g/mol. The molecule has 0 N–H and O–H groups in total. The molecule has 0 unspecified atom stereocenters. The molecule has 0 aliphatic carbocycles. The number of ether oxygens (including phenoxy) is 2. The Kier molecular flexibility index (Phi) is 6.93. The molecule has 0 saturated heterocycles. The molecule has 0 atom stereocenters. The highest BCUT2D eigenvalue weighted by Gasteiger charge is 2.21. The highest BCUT2D eigenvalue weighted by atomic mass is 79.9. The lowest BCUT2D eigenvalue weighted by Crippen LogP contribution is -2.14. The fourth-order valence-corrected chi connectivity index (χ4v) is 3.94. The van der Waals surface area contributed by atoms with Crippen LogP contribution in [0.4, 0.5) is 0 Å². The smallest absolute Gasteiger partial charge is 0.339 e. The molecule has 0 spiro atoms. The molecular formula is C12H13BrCl2O5S. The Bertz CT molecular complexity index is 631. The van der Waals surface area contributed by atoms with Crippen molar-refractivity contribution in [3.63, 3.8) is 0 Å². The van der Waals surface area contributed by atoms with Crippen LogP contribution in [0.25, 0.3) is 0 Å². The molecule has 1 rings (SSSR count). The summed E-state index contributed by atoms with van der Waals surface area (Å²) in [5, 5.41) is 0.0562. The maximum absolute atomic E-state index is 11.9. The Morgan fingerprint density at radius 3 is 2.48 bits per heavy atom. The minimum atomic E-state index is -4.01. The van der Waals surface area contributed by atoms with Crippen molar-refractivity contribution >= 4 is 53.2 Å². The van der Waals surface area contributed by atoms with Crippen LogP contribution in [0.2, 0.25) is 5.02 Å². The number of halogens is 3. The summed E-state index contributed by atoms with van der Waals surface area (Å²) in [5.41, 5.74) is -0.0800. The van der Waals surface area contributed by atoms with E-state index in [9.17, 15) is 13.2 Å². The summed E-state index contributed by atoms with van der Waals surface area (Å²) in [7, 11) is 1.27. The third kappa shape index (κ3) is 5.75. The summed E-state index contributed by atoms with van der Waals surface area (Å²) in [5.74, 6) is -0.749. The van der Waals surface area contributed by atoms with Crippen LogP contribution in [-0.2, 0) is 18.5 Å². The van der Waals surface area contributed by atoms with E-state index in [1.54, 1.807) is 0 Å². The molecule has 1 aromatic rings. The van der Waals surface area contributed by atoms with Crippen molar-refractivity contribution < 1.29 is 22.7 Å². The van der Waals surface area contributed by atoms with Gasteiger partial charge in [-0.05, 0) is 41.9 Å². The predicted molar refractivity (Wildman–Crippen MR) is 83.6 cm³/mol. The molecule has 0 saturated carbocycles. The van der Waals surface area contributed by atoms with E-state index in [2.05, 4.69) is 15.9 Å². The highest BCUT2D eigenvalue weighted by Crippen LogP contribution is 2.31. The lowest BCUT2D eigenvalue weighted by atomic mass is 10.2. The molecule has 0 bridgehead atoms. The summed E-state index contributed by atoms with van der Waals surface area (Å²) in [6.07, 6.45) is 0.0213. The van der Waals surface area contributed by atoms with E-state index in [0.717, 1.165) is 6.07 Å². The van der Waals surface area contributed by atoms with Gasteiger partial charge in [-0.1, -0.05) is 11.6 Å². The molecule has 118 valence electrons. The molecule has 0 aromatic heterocycles. The van der Waals surface area contributed by atoms with Gasteiger partial charge in [0.25, 0.3) is 9.05 Å². The standard InChI is InChI=1S/C12H13BrCl2O5S/c1-7(2)19-3-4-20-12(16)8-5-11(21(15,17)18)9(13)6-10(8)14/h5-7H,3-4H2,1-2H3. The van der Waals surface area contributed by atoms with Gasteiger partial charge < -0.3 is 9.47 Å². The van der Waals surface area contributed by atoms with Gasteiger partial charge in [-0.3, -0.25) is 0 Å². The van der Waals surface area contributed by atoms with Gasteiger partial charge in [0.2, 0.25) is 0 Å². The van der Waals surface area contributed by atoms with Crippen molar-refractivity contribution in [3.8, 4) is 0 Å². The minimum Gasteiger partial charge on any atom is -0.460 e. The van der Waals surface area contributed by atoms with E-state index in [0.29, 0.717) is 0 Å². The number of hydrogen-bond acceptors (Lipinski definition) is 5. The van der Waals surface area contributed by atoms with Gasteiger partial charge in [0.15, 0.2) is 0 Å². The number of benzene rings is 1. The van der Waals surface area contributed by atoms with Crippen LogP contribution in [0.5, 0.6) is 0 Å². The molecule has 5 nitrogen and oxygen atoms in total. The minimum absolute atomic E-state index is 0.0213. The molecule has 1 aromatic carbocycles. The van der Waals surface area contributed by atoms with Crippen LogP contribution in [0.15, 0.2) is 21.5 Å². The fourth-order valence-electron chi connectivity index (χ4n) is 1.37. The normalized spacial score (nSPS) is 11.7. The summed E-state index contributed by atoms with van der Waals surface area (Å²) < 4.78 is 33.1. The molecule has 0 fully saturated rings. The molecule has 0 radical (unpaired) electrons. The number of rotatable bonds is 6. The average Bonchev–Trinajstić information content (AvgIpc) is 2.32. The SMILES string of the molecule is CC(C)OCCOC(=O)c1cc(S(=O)(=O)Cl)c(Br)cc1Cl.